The van der Waals surface area contributed by atoms with Gasteiger partial charge in [-0.2, -0.15) is 0 Å². The van der Waals surface area contributed by atoms with Crippen LogP contribution in [0.3, 0.4) is 0 Å². The fourth-order valence-corrected chi connectivity index (χ4v) is 3.93. The highest BCUT2D eigenvalue weighted by Crippen LogP contribution is 2.36. The first-order valence-corrected chi connectivity index (χ1v) is 8.11. The molecule has 2 saturated heterocycles. The first-order chi connectivity index (χ1) is 10.7. The van der Waals surface area contributed by atoms with Crippen molar-refractivity contribution in [2.45, 2.75) is 37.5 Å². The molecule has 1 amide bonds. The Bertz CT molecular complexity index is 571. The SMILES string of the molecule is CN1C(=O)C2CC(CN2C2CCOCC2)Oc2ccccc21. The van der Waals surface area contributed by atoms with Gasteiger partial charge in [-0.05, 0) is 25.0 Å². The minimum atomic E-state index is -0.0635. The maximum Gasteiger partial charge on any atom is 0.244 e. The predicted molar refractivity (Wildman–Crippen MR) is 83.2 cm³/mol. The topological polar surface area (TPSA) is 42.0 Å². The second-order valence-electron chi connectivity index (χ2n) is 6.40. The zero-order chi connectivity index (χ0) is 15.1. The van der Waals surface area contributed by atoms with Crippen LogP contribution in [0.5, 0.6) is 5.75 Å². The predicted octanol–water partition coefficient (Wildman–Crippen LogP) is 1.66. The smallest absolute Gasteiger partial charge is 0.244 e. The molecule has 0 aliphatic carbocycles. The zero-order valence-corrected chi connectivity index (χ0v) is 12.9. The van der Waals surface area contributed by atoms with E-state index in [2.05, 4.69) is 4.90 Å². The second kappa shape index (κ2) is 5.56. The molecule has 2 bridgehead atoms. The van der Waals surface area contributed by atoms with E-state index in [9.17, 15) is 4.79 Å². The minimum Gasteiger partial charge on any atom is -0.487 e. The number of carbonyl (C=O) groups is 1. The summed E-state index contributed by atoms with van der Waals surface area (Å²) < 4.78 is 11.7. The highest BCUT2D eigenvalue weighted by molar-refractivity contribution is 5.98. The molecular weight excluding hydrogens is 280 g/mol. The molecule has 2 fully saturated rings. The van der Waals surface area contributed by atoms with Crippen LogP contribution in [0.15, 0.2) is 24.3 Å². The van der Waals surface area contributed by atoms with Gasteiger partial charge in [0.2, 0.25) is 5.91 Å². The number of ether oxygens (including phenoxy) is 2. The van der Waals surface area contributed by atoms with Gasteiger partial charge >= 0.3 is 0 Å². The standard InChI is InChI=1S/C17H22N2O3/c1-18-14-4-2-3-5-16(14)22-13-10-15(17(18)20)19(11-13)12-6-8-21-9-7-12/h2-5,12-13,15H,6-11H2,1H3. The third-order valence-corrected chi connectivity index (χ3v) is 5.10. The van der Waals surface area contributed by atoms with Crippen molar-refractivity contribution < 1.29 is 14.3 Å². The van der Waals surface area contributed by atoms with E-state index in [1.807, 2.05) is 31.3 Å². The van der Waals surface area contributed by atoms with Crippen LogP contribution in [0.25, 0.3) is 0 Å². The van der Waals surface area contributed by atoms with E-state index in [1.54, 1.807) is 4.90 Å². The third kappa shape index (κ3) is 2.29. The van der Waals surface area contributed by atoms with E-state index in [0.717, 1.165) is 50.5 Å². The summed E-state index contributed by atoms with van der Waals surface area (Å²) in [7, 11) is 1.85. The average molecular weight is 302 g/mol. The third-order valence-electron chi connectivity index (χ3n) is 5.10. The molecule has 3 heterocycles. The van der Waals surface area contributed by atoms with Crippen molar-refractivity contribution >= 4 is 11.6 Å². The van der Waals surface area contributed by atoms with Crippen LogP contribution in [-0.4, -0.2) is 55.8 Å². The number of nitrogens with zero attached hydrogens (tertiary/aromatic N) is 2. The number of hydrogen-bond acceptors (Lipinski definition) is 4. The number of amides is 1. The van der Waals surface area contributed by atoms with Crippen molar-refractivity contribution in [3.63, 3.8) is 0 Å². The molecule has 1 aromatic rings. The van der Waals surface area contributed by atoms with Gasteiger partial charge in [-0.3, -0.25) is 9.69 Å². The summed E-state index contributed by atoms with van der Waals surface area (Å²) in [6.07, 6.45) is 2.90. The lowest BCUT2D eigenvalue weighted by Crippen LogP contribution is -2.49. The molecule has 0 aromatic heterocycles. The van der Waals surface area contributed by atoms with Gasteiger partial charge in [0.1, 0.15) is 11.9 Å². The molecule has 22 heavy (non-hydrogen) atoms. The molecule has 0 N–H and O–H groups in total. The quantitative estimate of drug-likeness (QED) is 0.791. The van der Waals surface area contributed by atoms with Gasteiger partial charge in [-0.25, -0.2) is 0 Å². The number of para-hydroxylation sites is 2. The molecule has 0 saturated carbocycles. The molecule has 5 nitrogen and oxygen atoms in total. The van der Waals surface area contributed by atoms with Crippen molar-refractivity contribution in [2.24, 2.45) is 0 Å². The number of hydrogen-bond donors (Lipinski definition) is 0. The van der Waals surface area contributed by atoms with Crippen molar-refractivity contribution in [2.75, 3.05) is 31.7 Å². The highest BCUT2D eigenvalue weighted by atomic mass is 16.5. The molecule has 5 heteroatoms. The minimum absolute atomic E-state index is 0.0635. The lowest BCUT2D eigenvalue weighted by atomic mass is 10.0. The molecule has 3 aliphatic heterocycles. The summed E-state index contributed by atoms with van der Waals surface area (Å²) in [5, 5.41) is 0. The Morgan fingerprint density at radius 2 is 1.95 bits per heavy atom. The normalized spacial score (nSPS) is 29.7. The van der Waals surface area contributed by atoms with Crippen molar-refractivity contribution in [3.8, 4) is 5.75 Å². The molecule has 1 aromatic carbocycles. The van der Waals surface area contributed by atoms with Crippen LogP contribution < -0.4 is 9.64 Å². The Labute approximate surface area is 130 Å². The molecule has 2 unspecified atom stereocenters. The number of likely N-dealkylation sites (N-methyl/N-ethyl adjacent to an activating group) is 1. The van der Waals surface area contributed by atoms with Crippen LogP contribution in [0.4, 0.5) is 5.69 Å². The highest BCUT2D eigenvalue weighted by Gasteiger charge is 2.44. The molecule has 0 spiro atoms. The van der Waals surface area contributed by atoms with Crippen LogP contribution in [0, 0.1) is 0 Å². The summed E-state index contributed by atoms with van der Waals surface area (Å²) in [6.45, 7) is 2.43. The number of anilines is 1. The van der Waals surface area contributed by atoms with E-state index in [1.165, 1.54) is 0 Å². The van der Waals surface area contributed by atoms with Crippen molar-refractivity contribution in [3.05, 3.63) is 24.3 Å². The van der Waals surface area contributed by atoms with E-state index in [4.69, 9.17) is 9.47 Å². The molecule has 3 aliphatic rings. The average Bonchev–Trinajstić information content (AvgIpc) is 2.99. The maximum absolute atomic E-state index is 13.0. The van der Waals surface area contributed by atoms with Crippen LogP contribution >= 0.6 is 0 Å². The summed E-state index contributed by atoms with van der Waals surface area (Å²) >= 11 is 0. The number of fused-ring (bicyclic) bond motifs is 3. The van der Waals surface area contributed by atoms with Gasteiger partial charge < -0.3 is 14.4 Å². The Morgan fingerprint density at radius 3 is 2.77 bits per heavy atom. The van der Waals surface area contributed by atoms with E-state index >= 15 is 0 Å². The molecular formula is C17H22N2O3. The van der Waals surface area contributed by atoms with Crippen LogP contribution in [0.1, 0.15) is 19.3 Å². The number of benzene rings is 1. The molecule has 4 rings (SSSR count). The zero-order valence-electron chi connectivity index (χ0n) is 12.9. The molecule has 2 atom stereocenters. The number of carbonyl (C=O) groups excluding carboxylic acids is 1. The van der Waals surface area contributed by atoms with Crippen molar-refractivity contribution in [1.82, 2.24) is 4.90 Å². The second-order valence-corrected chi connectivity index (χ2v) is 6.40. The lowest BCUT2D eigenvalue weighted by molar-refractivity contribution is -0.124. The van der Waals surface area contributed by atoms with E-state index in [0.29, 0.717) is 6.04 Å². The fourth-order valence-electron chi connectivity index (χ4n) is 3.93. The largest absolute Gasteiger partial charge is 0.487 e. The summed E-state index contributed by atoms with van der Waals surface area (Å²) in [5.41, 5.74) is 0.871. The number of rotatable bonds is 1. The van der Waals surface area contributed by atoms with Gasteiger partial charge in [0.15, 0.2) is 0 Å². The van der Waals surface area contributed by atoms with Gasteiger partial charge in [0.25, 0.3) is 0 Å². The first-order valence-electron chi connectivity index (χ1n) is 8.11. The summed E-state index contributed by atoms with van der Waals surface area (Å²) in [6, 6.07) is 8.19. The van der Waals surface area contributed by atoms with Crippen LogP contribution in [-0.2, 0) is 9.53 Å². The van der Waals surface area contributed by atoms with Crippen molar-refractivity contribution in [1.29, 1.82) is 0 Å². The van der Waals surface area contributed by atoms with E-state index in [-0.39, 0.29) is 18.1 Å². The Kier molecular flexibility index (Phi) is 3.54. The Morgan fingerprint density at radius 1 is 1.18 bits per heavy atom. The van der Waals surface area contributed by atoms with Gasteiger partial charge in [-0.15, -0.1) is 0 Å². The van der Waals surface area contributed by atoms with Gasteiger partial charge in [0.05, 0.1) is 11.7 Å². The Balaban J connectivity index is 1.65. The number of likely N-dealkylation sites (tertiary alicyclic amines) is 1. The summed E-state index contributed by atoms with van der Waals surface area (Å²) in [4.78, 5) is 17.1. The first kappa shape index (κ1) is 14.0. The van der Waals surface area contributed by atoms with Gasteiger partial charge in [0, 0.05) is 39.3 Å². The molecule has 0 radical (unpaired) electrons. The van der Waals surface area contributed by atoms with Crippen LogP contribution in [0.2, 0.25) is 0 Å². The summed E-state index contributed by atoms with van der Waals surface area (Å²) in [5.74, 6) is 1.00. The monoisotopic (exact) mass is 302 g/mol. The lowest BCUT2D eigenvalue weighted by Gasteiger charge is -2.35. The fraction of sp³-hybridized carbons (Fsp3) is 0.588. The Hall–Kier alpha value is -1.59. The van der Waals surface area contributed by atoms with E-state index < -0.39 is 0 Å². The van der Waals surface area contributed by atoms with Gasteiger partial charge in [-0.1, -0.05) is 12.1 Å². The maximum atomic E-state index is 13.0. The molecule has 118 valence electrons.